The van der Waals surface area contributed by atoms with Gasteiger partial charge >= 0.3 is 0 Å². The van der Waals surface area contributed by atoms with Gasteiger partial charge in [0.1, 0.15) is 11.3 Å². The molecule has 0 fully saturated rings. The summed E-state index contributed by atoms with van der Waals surface area (Å²) in [5.41, 5.74) is -0.0297. The molecule has 12 heteroatoms. The molecule has 0 unspecified atom stereocenters. The van der Waals surface area contributed by atoms with Gasteiger partial charge in [0.05, 0.1) is 5.75 Å². The Balaban J connectivity index is 2.02. The molecule has 0 aliphatic heterocycles. The number of rotatable bonds is 7. The number of hydrogen-bond acceptors (Lipinski definition) is 7. The maximum absolute atomic E-state index is 13.7. The van der Waals surface area contributed by atoms with Crippen molar-refractivity contribution in [3.8, 4) is 5.75 Å². The average molecular weight is 490 g/mol. The third kappa shape index (κ3) is 4.76. The van der Waals surface area contributed by atoms with Crippen LogP contribution in [-0.4, -0.2) is 67.1 Å². The highest BCUT2D eigenvalue weighted by Crippen LogP contribution is 2.33. The SMILES string of the molecule is CCS(=O)(=O)N(C)c1nc(C(=O)NCc2ccc(F)cc2C(=O)N(C)C)c(O)c2ncccc12. The highest BCUT2D eigenvalue weighted by molar-refractivity contribution is 7.92. The molecule has 180 valence electrons. The maximum atomic E-state index is 13.7. The molecule has 3 aromatic rings. The second-order valence-corrected chi connectivity index (χ2v) is 9.87. The molecular formula is C22H24FN5O5S. The fraction of sp³-hybridized carbons (Fsp3) is 0.273. The monoisotopic (exact) mass is 489 g/mol. The predicted molar refractivity (Wildman–Crippen MR) is 125 cm³/mol. The standard InChI is InChI=1S/C22H24FN5O5S/c1-5-34(32,33)28(4)20-15-7-6-10-24-17(15)19(29)18(26-20)21(30)25-12-13-8-9-14(23)11-16(13)22(31)27(2)3/h6-11,29H,5,12H2,1-4H3,(H,25,30). The van der Waals surface area contributed by atoms with Crippen molar-refractivity contribution < 1.29 is 27.5 Å². The average Bonchev–Trinajstić information content (AvgIpc) is 2.82. The molecular weight excluding hydrogens is 465 g/mol. The Bertz CT molecular complexity index is 1380. The van der Waals surface area contributed by atoms with E-state index in [0.29, 0.717) is 5.56 Å². The van der Waals surface area contributed by atoms with Crippen molar-refractivity contribution in [2.45, 2.75) is 13.5 Å². The van der Waals surface area contributed by atoms with Crippen LogP contribution in [0.5, 0.6) is 5.75 Å². The van der Waals surface area contributed by atoms with Crippen LogP contribution >= 0.6 is 0 Å². The molecule has 0 bridgehead atoms. The van der Waals surface area contributed by atoms with Gasteiger partial charge in [-0.2, -0.15) is 0 Å². The van der Waals surface area contributed by atoms with Crippen LogP contribution in [0.1, 0.15) is 33.3 Å². The first-order chi connectivity index (χ1) is 16.0. The summed E-state index contributed by atoms with van der Waals surface area (Å²) in [4.78, 5) is 34.8. The van der Waals surface area contributed by atoms with Crippen LogP contribution in [0.2, 0.25) is 0 Å². The Kier molecular flexibility index (Phi) is 7.01. The number of aromatic hydroxyl groups is 1. The van der Waals surface area contributed by atoms with Crippen molar-refractivity contribution in [1.82, 2.24) is 20.2 Å². The van der Waals surface area contributed by atoms with Gasteiger partial charge in [-0.05, 0) is 36.8 Å². The number of fused-ring (bicyclic) bond motifs is 1. The molecule has 0 atom stereocenters. The van der Waals surface area contributed by atoms with Crippen LogP contribution in [0.3, 0.4) is 0 Å². The topological polar surface area (TPSA) is 133 Å². The van der Waals surface area contributed by atoms with Crippen molar-refractivity contribution in [2.24, 2.45) is 0 Å². The first-order valence-electron chi connectivity index (χ1n) is 10.2. The molecule has 0 aliphatic rings. The lowest BCUT2D eigenvalue weighted by Gasteiger charge is -2.20. The second kappa shape index (κ2) is 9.59. The van der Waals surface area contributed by atoms with Crippen LogP contribution < -0.4 is 9.62 Å². The Morgan fingerprint density at radius 3 is 2.53 bits per heavy atom. The summed E-state index contributed by atoms with van der Waals surface area (Å²) in [5, 5.41) is 13.5. The second-order valence-electron chi connectivity index (χ2n) is 7.58. The molecule has 1 aromatic carbocycles. The van der Waals surface area contributed by atoms with Crippen LogP contribution in [0.15, 0.2) is 36.5 Å². The van der Waals surface area contributed by atoms with Gasteiger partial charge in [-0.25, -0.2) is 17.8 Å². The molecule has 34 heavy (non-hydrogen) atoms. The summed E-state index contributed by atoms with van der Waals surface area (Å²) >= 11 is 0. The number of aromatic nitrogens is 2. The highest BCUT2D eigenvalue weighted by atomic mass is 32.2. The van der Waals surface area contributed by atoms with E-state index < -0.39 is 39.1 Å². The smallest absolute Gasteiger partial charge is 0.274 e. The lowest BCUT2D eigenvalue weighted by molar-refractivity contribution is 0.0823. The van der Waals surface area contributed by atoms with E-state index in [1.165, 1.54) is 51.3 Å². The molecule has 0 aliphatic carbocycles. The van der Waals surface area contributed by atoms with E-state index in [0.717, 1.165) is 16.4 Å². The number of benzene rings is 1. The van der Waals surface area contributed by atoms with Gasteiger partial charge in [0.2, 0.25) is 10.0 Å². The third-order valence-electron chi connectivity index (χ3n) is 5.16. The van der Waals surface area contributed by atoms with E-state index >= 15 is 0 Å². The fourth-order valence-corrected chi connectivity index (χ4v) is 4.02. The minimum atomic E-state index is -3.73. The maximum Gasteiger partial charge on any atom is 0.274 e. The number of carbonyl (C=O) groups excluding carboxylic acids is 2. The number of pyridine rings is 2. The molecule has 2 aromatic heterocycles. The van der Waals surface area contributed by atoms with Gasteiger partial charge in [-0.1, -0.05) is 6.07 Å². The molecule has 0 radical (unpaired) electrons. The van der Waals surface area contributed by atoms with E-state index in [4.69, 9.17) is 0 Å². The predicted octanol–water partition coefficient (Wildman–Crippen LogP) is 1.89. The van der Waals surface area contributed by atoms with E-state index in [1.54, 1.807) is 6.07 Å². The van der Waals surface area contributed by atoms with Crippen molar-refractivity contribution in [2.75, 3.05) is 31.2 Å². The summed E-state index contributed by atoms with van der Waals surface area (Å²) in [5.74, 6) is -2.69. The van der Waals surface area contributed by atoms with E-state index in [1.807, 2.05) is 0 Å². The van der Waals surface area contributed by atoms with Gasteiger partial charge < -0.3 is 15.3 Å². The quantitative estimate of drug-likeness (QED) is 0.518. The molecule has 2 amide bonds. The number of hydrogen-bond donors (Lipinski definition) is 2. The summed E-state index contributed by atoms with van der Waals surface area (Å²) in [6.07, 6.45) is 1.39. The van der Waals surface area contributed by atoms with Crippen molar-refractivity contribution >= 4 is 38.6 Å². The number of anilines is 1. The number of amides is 2. The Morgan fingerprint density at radius 2 is 1.88 bits per heavy atom. The van der Waals surface area contributed by atoms with Gasteiger partial charge in [0.25, 0.3) is 11.8 Å². The number of nitrogens with zero attached hydrogens (tertiary/aromatic N) is 4. The molecule has 10 nitrogen and oxygen atoms in total. The molecule has 0 spiro atoms. The molecule has 2 N–H and O–H groups in total. The number of sulfonamides is 1. The lowest BCUT2D eigenvalue weighted by Crippen LogP contribution is -2.31. The fourth-order valence-electron chi connectivity index (χ4n) is 3.23. The Morgan fingerprint density at radius 1 is 1.18 bits per heavy atom. The van der Waals surface area contributed by atoms with Crippen molar-refractivity contribution in [3.05, 3.63) is 59.2 Å². The third-order valence-corrected chi connectivity index (χ3v) is 6.90. The summed E-state index contributed by atoms with van der Waals surface area (Å²) in [7, 11) is 0.599. The zero-order valence-electron chi connectivity index (χ0n) is 19.0. The van der Waals surface area contributed by atoms with Gasteiger partial charge in [-0.3, -0.25) is 18.9 Å². The first kappa shape index (κ1) is 24.8. The lowest BCUT2D eigenvalue weighted by atomic mass is 10.1. The Labute approximate surface area is 196 Å². The zero-order chi connectivity index (χ0) is 25.2. The van der Waals surface area contributed by atoms with Gasteiger partial charge in [0.15, 0.2) is 17.3 Å². The number of halogens is 1. The Hall–Kier alpha value is -3.80. The normalized spacial score (nSPS) is 11.3. The first-order valence-corrected chi connectivity index (χ1v) is 11.8. The summed E-state index contributed by atoms with van der Waals surface area (Å²) < 4.78 is 39.5. The van der Waals surface area contributed by atoms with Gasteiger partial charge in [-0.15, -0.1) is 0 Å². The molecule has 3 rings (SSSR count). The zero-order valence-corrected chi connectivity index (χ0v) is 19.9. The summed E-state index contributed by atoms with van der Waals surface area (Å²) in [6.45, 7) is 1.30. The highest BCUT2D eigenvalue weighted by Gasteiger charge is 2.26. The van der Waals surface area contributed by atoms with Crippen LogP contribution in [0, 0.1) is 5.82 Å². The molecule has 2 heterocycles. The van der Waals surface area contributed by atoms with Crippen LogP contribution in [-0.2, 0) is 16.6 Å². The van der Waals surface area contributed by atoms with Crippen LogP contribution in [0.25, 0.3) is 10.9 Å². The van der Waals surface area contributed by atoms with Crippen LogP contribution in [0.4, 0.5) is 10.2 Å². The molecule has 0 saturated heterocycles. The van der Waals surface area contributed by atoms with Crippen molar-refractivity contribution in [1.29, 1.82) is 0 Å². The molecule has 0 saturated carbocycles. The number of carbonyl (C=O) groups is 2. The van der Waals surface area contributed by atoms with E-state index in [9.17, 15) is 27.5 Å². The van der Waals surface area contributed by atoms with Gasteiger partial charge in [0, 0.05) is 44.8 Å². The largest absolute Gasteiger partial charge is 0.504 e. The summed E-state index contributed by atoms with van der Waals surface area (Å²) in [6, 6.07) is 6.69. The minimum Gasteiger partial charge on any atom is -0.504 e. The van der Waals surface area contributed by atoms with E-state index in [2.05, 4.69) is 15.3 Å². The minimum absolute atomic E-state index is 0.000981. The van der Waals surface area contributed by atoms with E-state index in [-0.39, 0.29) is 34.6 Å². The van der Waals surface area contributed by atoms with Crippen molar-refractivity contribution in [3.63, 3.8) is 0 Å². The number of nitrogens with one attached hydrogen (secondary N) is 1.